The fourth-order valence-corrected chi connectivity index (χ4v) is 1.56. The monoisotopic (exact) mass is 234 g/mol. The van der Waals surface area contributed by atoms with Gasteiger partial charge in [-0.05, 0) is 22.3 Å². The number of hydrogen-bond acceptors (Lipinski definition) is 0. The van der Waals surface area contributed by atoms with Crippen molar-refractivity contribution in [2.45, 2.75) is 0 Å². The van der Waals surface area contributed by atoms with Crippen LogP contribution in [0.1, 0.15) is 5.56 Å². The zero-order valence-electron chi connectivity index (χ0n) is 10.6. The first-order valence-electron chi connectivity index (χ1n) is 5.77. The second-order valence-electron chi connectivity index (χ2n) is 3.75. The van der Waals surface area contributed by atoms with Crippen LogP contribution in [-0.2, 0) is 0 Å². The molecule has 0 aliphatic rings. The first-order valence-corrected chi connectivity index (χ1v) is 5.77. The topological polar surface area (TPSA) is 0 Å². The lowest BCUT2D eigenvalue weighted by molar-refractivity contribution is 1.51. The number of rotatable bonds is 6. The van der Waals surface area contributed by atoms with Gasteiger partial charge in [0.25, 0.3) is 0 Å². The van der Waals surface area contributed by atoms with Crippen molar-refractivity contribution in [1.82, 2.24) is 0 Å². The van der Waals surface area contributed by atoms with Gasteiger partial charge in [-0.25, -0.2) is 0 Å². The minimum absolute atomic E-state index is 0.845. The second kappa shape index (κ2) is 7.08. The fraction of sp³-hybridized carbons (Fsp3) is 0. The molecule has 0 spiro atoms. The van der Waals surface area contributed by atoms with Crippen LogP contribution in [0.15, 0.2) is 97.7 Å². The van der Waals surface area contributed by atoms with E-state index in [1.54, 1.807) is 18.2 Å². The molecule has 0 saturated heterocycles. The van der Waals surface area contributed by atoms with Crippen molar-refractivity contribution < 1.29 is 0 Å². The summed E-state index contributed by atoms with van der Waals surface area (Å²) in [4.78, 5) is 0. The molecule has 0 N–H and O–H groups in total. The maximum absolute atomic E-state index is 3.94. The van der Waals surface area contributed by atoms with Crippen LogP contribution in [0.5, 0.6) is 0 Å². The molecule has 0 atom stereocenters. The highest BCUT2D eigenvalue weighted by molar-refractivity contribution is 5.60. The van der Waals surface area contributed by atoms with Gasteiger partial charge >= 0.3 is 0 Å². The Morgan fingerprint density at radius 2 is 1.56 bits per heavy atom. The largest absolute Gasteiger partial charge is 0.0985 e. The van der Waals surface area contributed by atoms with E-state index < -0.39 is 0 Å². The molecule has 0 radical (unpaired) electrons. The molecule has 0 heteroatoms. The molecule has 18 heavy (non-hydrogen) atoms. The Morgan fingerprint density at radius 3 is 2.06 bits per heavy atom. The maximum Gasteiger partial charge on any atom is -0.0124 e. The lowest BCUT2D eigenvalue weighted by Gasteiger charge is -2.05. The third-order valence-electron chi connectivity index (χ3n) is 2.58. The van der Waals surface area contributed by atoms with E-state index in [1.807, 2.05) is 42.5 Å². The van der Waals surface area contributed by atoms with Crippen LogP contribution in [-0.4, -0.2) is 0 Å². The molecular weight excluding hydrogens is 216 g/mol. The molecule has 0 nitrogen and oxygen atoms in total. The van der Waals surface area contributed by atoms with Gasteiger partial charge in [0.15, 0.2) is 0 Å². The van der Waals surface area contributed by atoms with Gasteiger partial charge in [0.1, 0.15) is 0 Å². The van der Waals surface area contributed by atoms with Crippen LogP contribution in [0.4, 0.5) is 0 Å². The van der Waals surface area contributed by atoms with E-state index in [0.29, 0.717) is 0 Å². The molecule has 1 aromatic rings. The molecule has 0 aromatic heterocycles. The summed E-state index contributed by atoms with van der Waals surface area (Å²) >= 11 is 0. The molecule has 0 aliphatic carbocycles. The van der Waals surface area contributed by atoms with Crippen LogP contribution in [0.25, 0.3) is 6.08 Å². The lowest BCUT2D eigenvalue weighted by atomic mass is 10.00. The third kappa shape index (κ3) is 3.60. The van der Waals surface area contributed by atoms with Gasteiger partial charge in [-0.15, -0.1) is 0 Å². The quantitative estimate of drug-likeness (QED) is 0.600. The SMILES string of the molecule is C=CC(=C)/C(C=C)=C(C=C)\C=C\c1ccccc1. The summed E-state index contributed by atoms with van der Waals surface area (Å²) in [6.07, 6.45) is 9.34. The summed E-state index contributed by atoms with van der Waals surface area (Å²) in [6.45, 7) is 15.3. The smallest absolute Gasteiger partial charge is 0.0124 e. The Kier molecular flexibility index (Phi) is 5.40. The van der Waals surface area contributed by atoms with Gasteiger partial charge in [0.2, 0.25) is 0 Å². The average Bonchev–Trinajstić information content (AvgIpc) is 2.43. The first-order chi connectivity index (χ1) is 8.72. The highest BCUT2D eigenvalue weighted by Gasteiger charge is 1.99. The van der Waals surface area contributed by atoms with E-state index in [2.05, 4.69) is 26.3 Å². The van der Waals surface area contributed by atoms with Gasteiger partial charge in [0.05, 0.1) is 0 Å². The molecule has 0 aliphatic heterocycles. The van der Waals surface area contributed by atoms with Gasteiger partial charge in [-0.1, -0.05) is 87.0 Å². The summed E-state index contributed by atoms with van der Waals surface area (Å²) < 4.78 is 0. The second-order valence-corrected chi connectivity index (χ2v) is 3.75. The molecule has 0 fully saturated rings. The first kappa shape index (κ1) is 13.7. The van der Waals surface area contributed by atoms with Crippen molar-refractivity contribution in [2.24, 2.45) is 0 Å². The maximum atomic E-state index is 3.94. The highest BCUT2D eigenvalue weighted by atomic mass is 14.0. The van der Waals surface area contributed by atoms with E-state index in [1.165, 1.54) is 0 Å². The van der Waals surface area contributed by atoms with Crippen molar-refractivity contribution in [2.75, 3.05) is 0 Å². The molecule has 0 unspecified atom stereocenters. The van der Waals surface area contributed by atoms with Crippen molar-refractivity contribution in [3.8, 4) is 0 Å². The van der Waals surface area contributed by atoms with Gasteiger partial charge in [0, 0.05) is 0 Å². The van der Waals surface area contributed by atoms with Crippen molar-refractivity contribution in [3.05, 3.63) is 103 Å². The predicted octanol–water partition coefficient (Wildman–Crippen LogP) is 5.11. The van der Waals surface area contributed by atoms with E-state index in [4.69, 9.17) is 0 Å². The summed E-state index contributed by atoms with van der Waals surface area (Å²) in [7, 11) is 0. The molecule has 0 heterocycles. The minimum Gasteiger partial charge on any atom is -0.0985 e. The van der Waals surface area contributed by atoms with Gasteiger partial charge in [-0.2, -0.15) is 0 Å². The molecule has 0 saturated carbocycles. The van der Waals surface area contributed by atoms with E-state index in [9.17, 15) is 0 Å². The van der Waals surface area contributed by atoms with Crippen molar-refractivity contribution in [1.29, 1.82) is 0 Å². The molecule has 90 valence electrons. The summed E-state index contributed by atoms with van der Waals surface area (Å²) in [5.41, 5.74) is 3.92. The lowest BCUT2D eigenvalue weighted by Crippen LogP contribution is -1.86. The number of hydrogen-bond donors (Lipinski definition) is 0. The predicted molar refractivity (Wildman–Crippen MR) is 82.2 cm³/mol. The summed E-state index contributed by atoms with van der Waals surface area (Å²) in [5, 5.41) is 0. The van der Waals surface area contributed by atoms with Crippen LogP contribution in [0, 0.1) is 0 Å². The molecule has 0 amide bonds. The van der Waals surface area contributed by atoms with E-state index in [0.717, 1.165) is 22.3 Å². The highest BCUT2D eigenvalue weighted by Crippen LogP contribution is 2.18. The van der Waals surface area contributed by atoms with E-state index in [-0.39, 0.29) is 0 Å². The zero-order chi connectivity index (χ0) is 13.4. The average molecular weight is 234 g/mol. The number of benzene rings is 1. The normalized spacial score (nSPS) is 11.8. The third-order valence-corrected chi connectivity index (χ3v) is 2.58. The summed E-state index contributed by atoms with van der Waals surface area (Å²) in [6, 6.07) is 10.1. The Labute approximate surface area is 110 Å². The summed E-state index contributed by atoms with van der Waals surface area (Å²) in [5.74, 6) is 0. The van der Waals surface area contributed by atoms with Crippen LogP contribution in [0.3, 0.4) is 0 Å². The van der Waals surface area contributed by atoms with Crippen molar-refractivity contribution in [3.63, 3.8) is 0 Å². The van der Waals surface area contributed by atoms with E-state index >= 15 is 0 Å². The van der Waals surface area contributed by atoms with Gasteiger partial charge < -0.3 is 0 Å². The zero-order valence-corrected chi connectivity index (χ0v) is 10.6. The van der Waals surface area contributed by atoms with Crippen LogP contribution >= 0.6 is 0 Å². The van der Waals surface area contributed by atoms with Gasteiger partial charge in [-0.3, -0.25) is 0 Å². The Balaban J connectivity index is 3.10. The molecular formula is C18H18. The molecule has 1 rings (SSSR count). The molecule has 1 aromatic carbocycles. The molecule has 0 bridgehead atoms. The standard InChI is InChI=1S/C18H18/c1-5-15(4)18(7-3)17(6-2)14-13-16-11-9-8-10-12-16/h5-14H,1-4H2/b14-13+,18-17-. The Morgan fingerprint density at radius 1 is 0.889 bits per heavy atom. The van der Waals surface area contributed by atoms with Crippen molar-refractivity contribution >= 4 is 6.08 Å². The fourth-order valence-electron chi connectivity index (χ4n) is 1.56. The Hall–Kier alpha value is -2.34. The number of allylic oxidation sites excluding steroid dienone is 7. The van der Waals surface area contributed by atoms with Crippen LogP contribution < -0.4 is 0 Å². The Bertz CT molecular complexity index is 510. The van der Waals surface area contributed by atoms with Crippen LogP contribution in [0.2, 0.25) is 0 Å². The minimum atomic E-state index is 0.845.